The Morgan fingerprint density at radius 2 is 0.846 bits per heavy atom. The molecule has 0 saturated carbocycles. The Morgan fingerprint density at radius 3 is 0.846 bits per heavy atom. The van der Waals surface area contributed by atoms with E-state index in [1.807, 2.05) is 0 Å². The van der Waals surface area contributed by atoms with Crippen molar-refractivity contribution in [2.75, 3.05) is 0 Å². The van der Waals surface area contributed by atoms with Crippen LogP contribution in [0.3, 0.4) is 0 Å². The molecule has 0 aromatic rings. The number of rotatable bonds is 0. The fraction of sp³-hybridized carbons (Fsp3) is 0. The molecular formula is C2H8BLi3O7. The van der Waals surface area contributed by atoms with E-state index in [2.05, 4.69) is 0 Å². The second-order valence-electron chi connectivity index (χ2n) is 0.957. The standard InChI is InChI=1S/C2H2O4.BH3O3.3Li.3H/c3-1(4)2(5)6;2-1(3)4;;;;;;/h(H,3,4)(H,5,6);2-4H;;;;;;. The topological polar surface area (TPSA) is 135 Å². The number of hydrogen-bond acceptors (Lipinski definition) is 5. The van der Waals surface area contributed by atoms with Crippen LogP contribution in [0.25, 0.3) is 0 Å². The molecule has 0 saturated heterocycles. The molecule has 0 atom stereocenters. The zero-order chi connectivity index (χ0) is 8.73. The van der Waals surface area contributed by atoms with Gasteiger partial charge >= 0.3 is 75.8 Å². The molecule has 0 amide bonds. The van der Waals surface area contributed by atoms with Crippen LogP contribution in [0.15, 0.2) is 0 Å². The number of carboxylic acids is 2. The Balaban J connectivity index is -0.0000000279. The van der Waals surface area contributed by atoms with Gasteiger partial charge in [0.05, 0.1) is 0 Å². The van der Waals surface area contributed by atoms with Crippen LogP contribution in [0.2, 0.25) is 0 Å². The van der Waals surface area contributed by atoms with Crippen molar-refractivity contribution in [3.63, 3.8) is 0 Å². The van der Waals surface area contributed by atoms with Crippen LogP contribution in [0.4, 0.5) is 0 Å². The molecule has 0 aromatic carbocycles. The monoisotopic (exact) mass is 176 g/mol. The first-order valence-electron chi connectivity index (χ1n) is 1.88. The molecule has 0 heterocycles. The van der Waals surface area contributed by atoms with E-state index in [0.717, 1.165) is 0 Å². The summed E-state index contributed by atoms with van der Waals surface area (Å²) in [6.07, 6.45) is 0. The van der Waals surface area contributed by atoms with Gasteiger partial charge in [-0.15, -0.1) is 0 Å². The third kappa shape index (κ3) is 66.1. The first-order valence-corrected chi connectivity index (χ1v) is 1.88. The number of carbonyl (C=O) groups is 2. The number of aliphatic carboxylic acids is 2. The van der Waals surface area contributed by atoms with Gasteiger partial charge in [0, 0.05) is 0 Å². The van der Waals surface area contributed by atoms with Crippen LogP contribution in [0, 0.1) is 0 Å². The maximum atomic E-state index is 9.10. The predicted octanol–water partition coefficient (Wildman–Crippen LogP) is -4.84. The molecule has 0 spiro atoms. The van der Waals surface area contributed by atoms with Gasteiger partial charge < -0.3 is 25.3 Å². The molecule has 5 N–H and O–H groups in total. The van der Waals surface area contributed by atoms with E-state index in [1.165, 1.54) is 0 Å². The van der Waals surface area contributed by atoms with Crippen LogP contribution < -0.4 is 0 Å². The molecule has 0 aliphatic rings. The molecular weight excluding hydrogens is 168 g/mol. The molecule has 0 aliphatic carbocycles. The SMILES string of the molecule is O=C(O)C(=O)O.OB(O)O.[LiH].[LiH].[LiH]. The second-order valence-corrected chi connectivity index (χ2v) is 0.957. The second kappa shape index (κ2) is 18.5. The molecule has 11 heteroatoms. The summed E-state index contributed by atoms with van der Waals surface area (Å²) in [6.45, 7) is 0. The number of hydrogen-bond donors (Lipinski definition) is 5. The Morgan fingerprint density at radius 1 is 0.769 bits per heavy atom. The van der Waals surface area contributed by atoms with Gasteiger partial charge in [-0.05, 0) is 0 Å². The van der Waals surface area contributed by atoms with Crippen molar-refractivity contribution in [1.82, 2.24) is 0 Å². The normalized spacial score (nSPS) is 5.46. The Kier molecular flexibility index (Phi) is 41.5. The van der Waals surface area contributed by atoms with Crippen LogP contribution in [0.1, 0.15) is 0 Å². The molecule has 64 valence electrons. The van der Waals surface area contributed by atoms with Gasteiger partial charge in [0.2, 0.25) is 0 Å². The third-order valence-electron chi connectivity index (χ3n) is 0.183. The van der Waals surface area contributed by atoms with Crippen molar-refractivity contribution < 1.29 is 34.9 Å². The molecule has 0 radical (unpaired) electrons. The fourth-order valence-corrected chi connectivity index (χ4v) is 0. The van der Waals surface area contributed by atoms with Crippen molar-refractivity contribution in [2.45, 2.75) is 0 Å². The van der Waals surface area contributed by atoms with Gasteiger partial charge in [0.15, 0.2) is 0 Å². The average Bonchev–Trinajstić information content (AvgIpc) is 1.63. The molecule has 13 heavy (non-hydrogen) atoms. The van der Waals surface area contributed by atoms with E-state index in [0.29, 0.717) is 0 Å². The van der Waals surface area contributed by atoms with Crippen molar-refractivity contribution in [3.05, 3.63) is 0 Å². The summed E-state index contributed by atoms with van der Waals surface area (Å²) < 4.78 is 0. The Labute approximate surface area is 110 Å². The zero-order valence-electron chi connectivity index (χ0n) is 4.63. The Hall–Kier alpha value is 0.677. The number of carboxylic acid groups (broad SMARTS) is 2. The molecule has 7 nitrogen and oxygen atoms in total. The zero-order valence-corrected chi connectivity index (χ0v) is 4.63. The van der Waals surface area contributed by atoms with E-state index >= 15 is 0 Å². The summed E-state index contributed by atoms with van der Waals surface area (Å²) in [4.78, 5) is 18.2. The summed E-state index contributed by atoms with van der Waals surface area (Å²) >= 11 is 0. The van der Waals surface area contributed by atoms with Crippen molar-refractivity contribution >= 4 is 75.8 Å². The summed E-state index contributed by atoms with van der Waals surface area (Å²) in [5.74, 6) is -3.65. The van der Waals surface area contributed by atoms with Crippen molar-refractivity contribution in [3.8, 4) is 0 Å². The molecule has 0 unspecified atom stereocenters. The average molecular weight is 176 g/mol. The molecule has 0 aromatic heterocycles. The van der Waals surface area contributed by atoms with Crippen LogP contribution in [-0.2, 0) is 9.59 Å². The quantitative estimate of drug-likeness (QED) is 0.184. The van der Waals surface area contributed by atoms with Crippen molar-refractivity contribution in [2.24, 2.45) is 0 Å². The molecule has 0 bridgehead atoms. The summed E-state index contributed by atoms with van der Waals surface area (Å²) in [7, 11) is -2.17. The summed E-state index contributed by atoms with van der Waals surface area (Å²) in [5, 5.41) is 36.3. The molecule has 0 rings (SSSR count). The van der Waals surface area contributed by atoms with E-state index in [-0.39, 0.29) is 56.6 Å². The molecule has 0 fully saturated rings. The summed E-state index contributed by atoms with van der Waals surface area (Å²) in [5.41, 5.74) is 0. The fourth-order valence-electron chi connectivity index (χ4n) is 0. The third-order valence-corrected chi connectivity index (χ3v) is 0.183. The minimum atomic E-state index is -2.17. The van der Waals surface area contributed by atoms with Crippen LogP contribution >= 0.6 is 0 Å². The van der Waals surface area contributed by atoms with Gasteiger partial charge in [0.25, 0.3) is 0 Å². The van der Waals surface area contributed by atoms with Crippen molar-refractivity contribution in [1.29, 1.82) is 0 Å². The minimum absolute atomic E-state index is 0. The first kappa shape index (κ1) is 29.2. The predicted molar refractivity (Wildman–Crippen MR) is 49.1 cm³/mol. The maximum absolute atomic E-state index is 9.10. The first-order chi connectivity index (χ1) is 4.37. The van der Waals surface area contributed by atoms with Gasteiger partial charge in [-0.1, -0.05) is 0 Å². The van der Waals surface area contributed by atoms with Crippen LogP contribution in [-0.4, -0.2) is 101 Å². The van der Waals surface area contributed by atoms with Gasteiger partial charge in [-0.25, -0.2) is 9.59 Å². The van der Waals surface area contributed by atoms with E-state index < -0.39 is 19.3 Å². The van der Waals surface area contributed by atoms with E-state index in [4.69, 9.17) is 34.9 Å². The molecule has 0 aliphatic heterocycles. The van der Waals surface area contributed by atoms with Gasteiger partial charge in [-0.3, -0.25) is 0 Å². The Bertz CT molecular complexity index is 114. The van der Waals surface area contributed by atoms with Gasteiger partial charge in [-0.2, -0.15) is 0 Å². The van der Waals surface area contributed by atoms with Gasteiger partial charge in [0.1, 0.15) is 0 Å². The van der Waals surface area contributed by atoms with E-state index in [9.17, 15) is 0 Å². The summed E-state index contributed by atoms with van der Waals surface area (Å²) in [6, 6.07) is 0. The van der Waals surface area contributed by atoms with E-state index in [1.54, 1.807) is 0 Å². The van der Waals surface area contributed by atoms with Crippen LogP contribution in [0.5, 0.6) is 0 Å².